The van der Waals surface area contributed by atoms with E-state index in [4.69, 9.17) is 4.84 Å². The van der Waals surface area contributed by atoms with E-state index in [0.717, 1.165) is 11.3 Å². The number of aliphatic hydroxyl groups excluding tert-OH is 1. The van der Waals surface area contributed by atoms with E-state index in [1.807, 2.05) is 30.3 Å². The van der Waals surface area contributed by atoms with E-state index >= 15 is 0 Å². The Morgan fingerprint density at radius 1 is 1.50 bits per heavy atom. The van der Waals surface area contributed by atoms with Crippen molar-refractivity contribution in [1.82, 2.24) is 0 Å². The Hall–Kier alpha value is -1.61. The molecular weight excluding hydrogens is 202 g/mol. The predicted octanol–water partition coefficient (Wildman–Crippen LogP) is 2.12. The molecule has 0 aromatic heterocycles. The molecule has 1 N–H and O–H groups in total. The van der Waals surface area contributed by atoms with Gasteiger partial charge in [0.05, 0.1) is 11.8 Å². The van der Waals surface area contributed by atoms with Gasteiger partial charge in [-0.25, -0.2) is 0 Å². The molecule has 1 aromatic carbocycles. The maximum absolute atomic E-state index is 9.74. The molecule has 0 fully saturated rings. The van der Waals surface area contributed by atoms with Crippen LogP contribution in [-0.4, -0.2) is 23.0 Å². The van der Waals surface area contributed by atoms with Gasteiger partial charge in [0.25, 0.3) is 0 Å². The van der Waals surface area contributed by atoms with E-state index in [1.54, 1.807) is 6.08 Å². The molecule has 3 heteroatoms. The lowest BCUT2D eigenvalue weighted by Gasteiger charge is -2.13. The second-order valence-corrected chi connectivity index (χ2v) is 3.84. The zero-order chi connectivity index (χ0) is 11.4. The van der Waals surface area contributed by atoms with Gasteiger partial charge in [-0.15, -0.1) is 6.58 Å². The number of oxime groups is 1. The van der Waals surface area contributed by atoms with Crippen LogP contribution in [0.1, 0.15) is 18.4 Å². The molecule has 0 radical (unpaired) electrons. The Bertz CT molecular complexity index is 386. The van der Waals surface area contributed by atoms with Crippen molar-refractivity contribution in [1.29, 1.82) is 0 Å². The van der Waals surface area contributed by atoms with Gasteiger partial charge in [0, 0.05) is 6.42 Å². The average molecular weight is 217 g/mol. The third-order valence-corrected chi connectivity index (χ3v) is 2.64. The van der Waals surface area contributed by atoms with Crippen LogP contribution in [0.15, 0.2) is 48.1 Å². The maximum atomic E-state index is 9.74. The molecule has 16 heavy (non-hydrogen) atoms. The SMILES string of the molecule is C=CC[C@@H](O)[C@H]1CC(c2ccccc2)=NO1. The number of nitrogens with zero attached hydrogens (tertiary/aromatic N) is 1. The summed E-state index contributed by atoms with van der Waals surface area (Å²) >= 11 is 0. The van der Waals surface area contributed by atoms with Crippen LogP contribution in [0, 0.1) is 0 Å². The Kier molecular flexibility index (Phi) is 3.37. The van der Waals surface area contributed by atoms with Crippen molar-refractivity contribution >= 4 is 5.71 Å². The summed E-state index contributed by atoms with van der Waals surface area (Å²) in [5, 5.41) is 13.8. The highest BCUT2D eigenvalue weighted by Crippen LogP contribution is 2.20. The van der Waals surface area contributed by atoms with Crippen LogP contribution in [0.4, 0.5) is 0 Å². The van der Waals surface area contributed by atoms with Crippen LogP contribution in [0.2, 0.25) is 0 Å². The predicted molar refractivity (Wildman–Crippen MR) is 63.3 cm³/mol. The van der Waals surface area contributed by atoms with Gasteiger partial charge in [-0.2, -0.15) is 0 Å². The molecule has 1 aliphatic heterocycles. The van der Waals surface area contributed by atoms with E-state index < -0.39 is 6.10 Å². The standard InChI is InChI=1S/C13H15NO2/c1-2-6-12(15)13-9-11(14-16-13)10-7-4-3-5-8-10/h2-5,7-8,12-13,15H,1,6,9H2/t12-,13-/m1/s1. The molecule has 1 aliphatic rings. The van der Waals surface area contributed by atoms with E-state index in [-0.39, 0.29) is 6.10 Å². The summed E-state index contributed by atoms with van der Waals surface area (Å²) in [5.74, 6) is 0. The minimum atomic E-state index is -0.525. The molecule has 1 heterocycles. The van der Waals surface area contributed by atoms with E-state index in [9.17, 15) is 5.11 Å². The highest BCUT2D eigenvalue weighted by Gasteiger charge is 2.27. The van der Waals surface area contributed by atoms with Crippen molar-refractivity contribution in [2.45, 2.75) is 25.0 Å². The number of rotatable bonds is 4. The third kappa shape index (κ3) is 2.31. The van der Waals surface area contributed by atoms with Gasteiger partial charge in [-0.3, -0.25) is 0 Å². The molecule has 2 rings (SSSR count). The Morgan fingerprint density at radius 2 is 2.25 bits per heavy atom. The van der Waals surface area contributed by atoms with E-state index in [0.29, 0.717) is 12.8 Å². The number of hydrogen-bond donors (Lipinski definition) is 1. The Labute approximate surface area is 95.0 Å². The summed E-state index contributed by atoms with van der Waals surface area (Å²) in [6, 6.07) is 9.87. The summed E-state index contributed by atoms with van der Waals surface area (Å²) in [6.07, 6.45) is 2.10. The fourth-order valence-corrected chi connectivity index (χ4v) is 1.73. The van der Waals surface area contributed by atoms with Gasteiger partial charge in [0.15, 0.2) is 6.10 Å². The summed E-state index contributed by atoms with van der Waals surface area (Å²) in [4.78, 5) is 5.22. The fourth-order valence-electron chi connectivity index (χ4n) is 1.73. The molecular formula is C13H15NO2. The number of hydrogen-bond acceptors (Lipinski definition) is 3. The van der Waals surface area contributed by atoms with Crippen LogP contribution in [0.5, 0.6) is 0 Å². The molecule has 2 atom stereocenters. The second kappa shape index (κ2) is 4.94. The van der Waals surface area contributed by atoms with Crippen molar-refractivity contribution in [3.8, 4) is 0 Å². The fraction of sp³-hybridized carbons (Fsp3) is 0.308. The first kappa shape index (κ1) is 10.9. The molecule has 0 saturated heterocycles. The van der Waals surface area contributed by atoms with Crippen LogP contribution >= 0.6 is 0 Å². The average Bonchev–Trinajstić information content (AvgIpc) is 2.80. The monoisotopic (exact) mass is 217 g/mol. The van der Waals surface area contributed by atoms with Crippen LogP contribution in [0.25, 0.3) is 0 Å². The highest BCUT2D eigenvalue weighted by molar-refractivity contribution is 6.01. The van der Waals surface area contributed by atoms with Gasteiger partial charge < -0.3 is 9.94 Å². The van der Waals surface area contributed by atoms with Crippen molar-refractivity contribution in [2.24, 2.45) is 5.16 Å². The largest absolute Gasteiger partial charge is 0.389 e. The van der Waals surface area contributed by atoms with Crippen LogP contribution < -0.4 is 0 Å². The normalized spacial score (nSPS) is 21.1. The minimum absolute atomic E-state index is 0.242. The van der Waals surface area contributed by atoms with Gasteiger partial charge in [-0.05, 0) is 12.0 Å². The van der Waals surface area contributed by atoms with E-state index in [1.165, 1.54) is 0 Å². The maximum Gasteiger partial charge on any atom is 0.159 e. The minimum Gasteiger partial charge on any atom is -0.389 e. The van der Waals surface area contributed by atoms with Crippen molar-refractivity contribution in [3.05, 3.63) is 48.6 Å². The summed E-state index contributed by atoms with van der Waals surface area (Å²) < 4.78 is 0. The smallest absolute Gasteiger partial charge is 0.159 e. The molecule has 84 valence electrons. The van der Waals surface area contributed by atoms with Crippen molar-refractivity contribution in [2.75, 3.05) is 0 Å². The van der Waals surface area contributed by atoms with Crippen LogP contribution in [-0.2, 0) is 4.84 Å². The quantitative estimate of drug-likeness (QED) is 0.785. The van der Waals surface area contributed by atoms with Crippen LogP contribution in [0.3, 0.4) is 0 Å². The zero-order valence-electron chi connectivity index (χ0n) is 9.04. The summed E-state index contributed by atoms with van der Waals surface area (Å²) in [6.45, 7) is 3.60. The van der Waals surface area contributed by atoms with Crippen molar-refractivity contribution < 1.29 is 9.94 Å². The lowest BCUT2D eigenvalue weighted by molar-refractivity contribution is -0.0151. The Balaban J connectivity index is 2.00. The molecule has 0 amide bonds. The molecule has 0 bridgehead atoms. The first-order chi connectivity index (χ1) is 7.81. The first-order valence-electron chi connectivity index (χ1n) is 5.38. The zero-order valence-corrected chi connectivity index (χ0v) is 9.04. The van der Waals surface area contributed by atoms with Gasteiger partial charge >= 0.3 is 0 Å². The van der Waals surface area contributed by atoms with Gasteiger partial charge in [-0.1, -0.05) is 41.6 Å². The topological polar surface area (TPSA) is 41.8 Å². The number of aliphatic hydroxyl groups is 1. The van der Waals surface area contributed by atoms with E-state index in [2.05, 4.69) is 11.7 Å². The molecule has 0 spiro atoms. The summed E-state index contributed by atoms with van der Waals surface area (Å²) in [7, 11) is 0. The van der Waals surface area contributed by atoms with Crippen molar-refractivity contribution in [3.63, 3.8) is 0 Å². The molecule has 0 saturated carbocycles. The molecule has 1 aromatic rings. The van der Waals surface area contributed by atoms with Gasteiger partial charge in [0.2, 0.25) is 0 Å². The highest BCUT2D eigenvalue weighted by atomic mass is 16.7. The lowest BCUT2D eigenvalue weighted by Crippen LogP contribution is -2.25. The lowest BCUT2D eigenvalue weighted by atomic mass is 10.0. The summed E-state index contributed by atoms with van der Waals surface area (Å²) in [5.41, 5.74) is 1.95. The van der Waals surface area contributed by atoms with Gasteiger partial charge in [0.1, 0.15) is 0 Å². The molecule has 0 unspecified atom stereocenters. The first-order valence-corrected chi connectivity index (χ1v) is 5.38. The molecule has 0 aliphatic carbocycles. The third-order valence-electron chi connectivity index (χ3n) is 2.64. The number of benzene rings is 1. The molecule has 3 nitrogen and oxygen atoms in total. The Morgan fingerprint density at radius 3 is 2.94 bits per heavy atom. The second-order valence-electron chi connectivity index (χ2n) is 3.84.